The van der Waals surface area contributed by atoms with Crippen molar-refractivity contribution in [3.8, 4) is 11.4 Å². The lowest BCUT2D eigenvalue weighted by molar-refractivity contribution is 0.0954. The lowest BCUT2D eigenvalue weighted by Gasteiger charge is -2.10. The minimum Gasteiger partial charge on any atom is -0.352 e. The zero-order chi connectivity index (χ0) is 19.2. The van der Waals surface area contributed by atoms with Crippen LogP contribution in [-0.2, 0) is 13.0 Å². The summed E-state index contributed by atoms with van der Waals surface area (Å²) in [5.41, 5.74) is 2.66. The van der Waals surface area contributed by atoms with Gasteiger partial charge in [0.15, 0.2) is 5.82 Å². The quantitative estimate of drug-likeness (QED) is 0.697. The van der Waals surface area contributed by atoms with Crippen LogP contribution in [0.25, 0.3) is 11.4 Å². The molecule has 0 aliphatic carbocycles. The molecule has 7 nitrogen and oxygen atoms in total. The van der Waals surface area contributed by atoms with E-state index in [9.17, 15) is 4.79 Å². The van der Waals surface area contributed by atoms with Crippen LogP contribution in [0.2, 0.25) is 0 Å². The molecule has 7 heteroatoms. The highest BCUT2D eigenvalue weighted by atomic mass is 16.1. The first kappa shape index (κ1) is 18.6. The van der Waals surface area contributed by atoms with Crippen LogP contribution in [0.1, 0.15) is 22.8 Å². The Bertz CT molecular complexity index is 887. The number of pyridine rings is 1. The van der Waals surface area contributed by atoms with Crippen LogP contribution in [0.3, 0.4) is 0 Å². The van der Waals surface area contributed by atoms with E-state index in [1.165, 1.54) is 0 Å². The van der Waals surface area contributed by atoms with E-state index < -0.39 is 0 Å². The number of nitrogens with zero attached hydrogens (tertiary/aromatic N) is 5. The first-order valence-electron chi connectivity index (χ1n) is 8.98. The van der Waals surface area contributed by atoms with E-state index in [2.05, 4.69) is 20.4 Å². The van der Waals surface area contributed by atoms with Crippen LogP contribution in [0.5, 0.6) is 0 Å². The monoisotopic (exact) mass is 364 g/mol. The van der Waals surface area contributed by atoms with Crippen molar-refractivity contribution in [3.63, 3.8) is 0 Å². The second kappa shape index (κ2) is 8.44. The smallest absolute Gasteiger partial charge is 0.251 e. The molecule has 140 valence electrons. The number of carbonyl (C=O) groups excluding carboxylic acids is 1. The summed E-state index contributed by atoms with van der Waals surface area (Å²) in [6.07, 6.45) is 4.29. The molecule has 0 unspecified atom stereocenters. The molecule has 0 fully saturated rings. The highest BCUT2D eigenvalue weighted by Gasteiger charge is 2.13. The molecular weight excluding hydrogens is 340 g/mol. The van der Waals surface area contributed by atoms with Crippen molar-refractivity contribution in [3.05, 3.63) is 59.9 Å². The number of carbonyl (C=O) groups is 1. The third-order valence-electron chi connectivity index (χ3n) is 4.21. The SMILES string of the molecule is CCn1nc(-c2ccc(C(=O)NCCc3ccncc3)cc2)nc1N(C)C. The number of hydrogen-bond acceptors (Lipinski definition) is 5. The second-order valence-electron chi connectivity index (χ2n) is 6.38. The molecule has 0 aliphatic rings. The molecule has 2 aromatic heterocycles. The minimum atomic E-state index is -0.0865. The average Bonchev–Trinajstić information content (AvgIpc) is 3.14. The van der Waals surface area contributed by atoms with Crippen LogP contribution in [-0.4, -0.2) is 46.3 Å². The van der Waals surface area contributed by atoms with E-state index in [1.54, 1.807) is 24.5 Å². The zero-order valence-corrected chi connectivity index (χ0v) is 15.9. The third kappa shape index (κ3) is 4.49. The van der Waals surface area contributed by atoms with Gasteiger partial charge in [-0.25, -0.2) is 4.68 Å². The Morgan fingerprint density at radius 3 is 2.41 bits per heavy atom. The molecule has 0 radical (unpaired) electrons. The molecule has 3 rings (SSSR count). The fourth-order valence-electron chi connectivity index (χ4n) is 2.74. The Morgan fingerprint density at radius 1 is 1.11 bits per heavy atom. The molecule has 0 aliphatic heterocycles. The van der Waals surface area contributed by atoms with E-state index in [0.29, 0.717) is 17.9 Å². The van der Waals surface area contributed by atoms with E-state index >= 15 is 0 Å². The van der Waals surface area contributed by atoms with E-state index in [-0.39, 0.29) is 5.91 Å². The van der Waals surface area contributed by atoms with Gasteiger partial charge in [0.25, 0.3) is 5.91 Å². The molecule has 1 aromatic carbocycles. The lowest BCUT2D eigenvalue weighted by atomic mass is 10.1. The van der Waals surface area contributed by atoms with Crippen LogP contribution in [0.4, 0.5) is 5.95 Å². The Hall–Kier alpha value is -3.22. The van der Waals surface area contributed by atoms with Crippen molar-refractivity contribution in [2.75, 3.05) is 25.5 Å². The number of aryl methyl sites for hydroxylation is 1. The maximum absolute atomic E-state index is 12.3. The highest BCUT2D eigenvalue weighted by Crippen LogP contribution is 2.19. The van der Waals surface area contributed by atoms with Crippen molar-refractivity contribution in [2.45, 2.75) is 19.9 Å². The summed E-state index contributed by atoms with van der Waals surface area (Å²) >= 11 is 0. The Labute approximate surface area is 159 Å². The zero-order valence-electron chi connectivity index (χ0n) is 15.9. The van der Waals surface area contributed by atoms with Crippen LogP contribution in [0, 0.1) is 0 Å². The van der Waals surface area contributed by atoms with Crippen LogP contribution >= 0.6 is 0 Å². The number of nitrogens with one attached hydrogen (secondary N) is 1. The molecule has 3 aromatic rings. The molecule has 1 amide bonds. The molecule has 0 atom stereocenters. The van der Waals surface area contributed by atoms with Crippen molar-refractivity contribution >= 4 is 11.9 Å². The summed E-state index contributed by atoms with van der Waals surface area (Å²) in [4.78, 5) is 22.8. The van der Waals surface area contributed by atoms with Gasteiger partial charge >= 0.3 is 0 Å². The fourth-order valence-corrected chi connectivity index (χ4v) is 2.74. The first-order valence-corrected chi connectivity index (χ1v) is 8.98. The van der Waals surface area contributed by atoms with Gasteiger partial charge in [-0.05, 0) is 43.2 Å². The first-order chi connectivity index (χ1) is 13.1. The molecule has 2 heterocycles. The predicted molar refractivity (Wildman–Crippen MR) is 106 cm³/mol. The van der Waals surface area contributed by atoms with Gasteiger partial charge in [0.05, 0.1) is 0 Å². The van der Waals surface area contributed by atoms with Gasteiger partial charge < -0.3 is 10.2 Å². The van der Waals surface area contributed by atoms with Crippen molar-refractivity contribution in [1.29, 1.82) is 0 Å². The molecule has 0 saturated carbocycles. The summed E-state index contributed by atoms with van der Waals surface area (Å²) in [7, 11) is 3.89. The van der Waals surface area contributed by atoms with E-state index in [0.717, 1.165) is 30.0 Å². The van der Waals surface area contributed by atoms with E-state index in [4.69, 9.17) is 0 Å². The molecule has 0 bridgehead atoms. The number of rotatable bonds is 7. The summed E-state index contributed by atoms with van der Waals surface area (Å²) < 4.78 is 1.86. The maximum atomic E-state index is 12.3. The summed E-state index contributed by atoms with van der Waals surface area (Å²) in [6, 6.07) is 11.3. The van der Waals surface area contributed by atoms with Crippen molar-refractivity contribution in [1.82, 2.24) is 25.1 Å². The largest absolute Gasteiger partial charge is 0.352 e. The second-order valence-corrected chi connectivity index (χ2v) is 6.38. The third-order valence-corrected chi connectivity index (χ3v) is 4.21. The molecular formula is C20H24N6O. The molecule has 0 saturated heterocycles. The standard InChI is InChI=1S/C20H24N6O/c1-4-26-20(25(2)3)23-18(24-26)16-5-7-17(8-6-16)19(27)22-14-11-15-9-12-21-13-10-15/h5-10,12-13H,4,11,14H2,1-3H3,(H,22,27). The van der Waals surface area contributed by atoms with Gasteiger partial charge in [-0.1, -0.05) is 12.1 Å². The van der Waals surface area contributed by atoms with Crippen molar-refractivity contribution < 1.29 is 4.79 Å². The molecule has 27 heavy (non-hydrogen) atoms. The Balaban J connectivity index is 1.63. The number of hydrogen-bond donors (Lipinski definition) is 1. The normalized spacial score (nSPS) is 10.6. The summed E-state index contributed by atoms with van der Waals surface area (Å²) in [5.74, 6) is 1.38. The fraction of sp³-hybridized carbons (Fsp3) is 0.300. The Morgan fingerprint density at radius 2 is 1.81 bits per heavy atom. The van der Waals surface area contributed by atoms with Crippen LogP contribution < -0.4 is 10.2 Å². The molecule has 1 N–H and O–H groups in total. The maximum Gasteiger partial charge on any atom is 0.251 e. The lowest BCUT2D eigenvalue weighted by Crippen LogP contribution is -2.25. The minimum absolute atomic E-state index is 0.0865. The predicted octanol–water partition coefficient (Wildman–Crippen LogP) is 2.40. The number of aromatic nitrogens is 4. The van der Waals surface area contributed by atoms with Crippen LogP contribution in [0.15, 0.2) is 48.8 Å². The van der Waals surface area contributed by atoms with Gasteiger partial charge in [0.1, 0.15) is 0 Å². The van der Waals surface area contributed by atoms with Crippen molar-refractivity contribution in [2.24, 2.45) is 0 Å². The molecule has 0 spiro atoms. The van der Waals surface area contributed by atoms with Gasteiger partial charge in [0, 0.05) is 50.7 Å². The number of anilines is 1. The highest BCUT2D eigenvalue weighted by molar-refractivity contribution is 5.94. The van der Waals surface area contributed by atoms with Gasteiger partial charge in [0.2, 0.25) is 5.95 Å². The van der Waals surface area contributed by atoms with Gasteiger partial charge in [-0.2, -0.15) is 4.98 Å². The van der Waals surface area contributed by atoms with E-state index in [1.807, 2.05) is 54.9 Å². The Kier molecular flexibility index (Phi) is 5.80. The average molecular weight is 364 g/mol. The number of benzene rings is 1. The summed E-state index contributed by atoms with van der Waals surface area (Å²) in [5, 5.41) is 7.48. The number of amides is 1. The topological polar surface area (TPSA) is 75.9 Å². The van der Waals surface area contributed by atoms with Gasteiger partial charge in [-0.15, -0.1) is 5.10 Å². The van der Waals surface area contributed by atoms with Gasteiger partial charge in [-0.3, -0.25) is 9.78 Å². The summed E-state index contributed by atoms with van der Waals surface area (Å²) in [6.45, 7) is 3.36.